The first-order valence-electron chi connectivity index (χ1n) is 47.5. The standard InChI is InChI=1S/C25H32F2O.C23H34F2O.C22H34.C17H24F2O.C17H32/c1-3-5-17-28-23-16-15-22(24(26)25(23)27)21-13-11-20(12-14-21)19-9-7-18(6-4-2)8-10-19;1-3-5-16-6-8-17(9-7-16)18-10-12-19(13-11-18)20-14-15-21(26-4-2)23(25)22(20)24;1-3-4-18-7-11-20(12-8-18)22-15-13-21(14-16-22)19-9-5-17(2)6-10-19;1-3-5-12-6-8-13(9-7-12)14-10-11-15(20-4-2)17(19)16(14)18;1-3-5-15-8-12-17(13-9-15)16-10-6-14(4-2)7-11-16/h11-16,18-19H,3-10,17H2,1-2H3;14-19H,3-13H2,1-2H3;5-6,9-10,18,20-22H,3-4,7-8,11-16H2,1-2H3;10-13H,3-9H2,1-2H3;14-17H,3-13H2,1-2H3. The summed E-state index contributed by atoms with van der Waals surface area (Å²) in [5.74, 6) is 8.84. The van der Waals surface area contributed by atoms with E-state index < -0.39 is 34.9 Å². The van der Waals surface area contributed by atoms with Gasteiger partial charge in [-0.3, -0.25) is 0 Å². The summed E-state index contributed by atoms with van der Waals surface area (Å²) in [4.78, 5) is 0. The molecule has 5 aromatic rings. The van der Waals surface area contributed by atoms with E-state index in [1.165, 1.54) is 216 Å². The summed E-state index contributed by atoms with van der Waals surface area (Å²) in [6.07, 6.45) is 60.3. The Morgan fingerprint density at radius 3 is 0.885 bits per heavy atom. The fourth-order valence-electron chi connectivity index (χ4n) is 22.6. The number of benzene rings is 5. The van der Waals surface area contributed by atoms with Gasteiger partial charge in [-0.15, -0.1) is 0 Å². The number of unbranched alkanes of at least 4 members (excludes halogenated alkanes) is 1. The summed E-state index contributed by atoms with van der Waals surface area (Å²) < 4.78 is 101. The zero-order valence-electron chi connectivity index (χ0n) is 72.8. The summed E-state index contributed by atoms with van der Waals surface area (Å²) in [6, 6.07) is 27.1. The van der Waals surface area contributed by atoms with Gasteiger partial charge in [-0.25, -0.2) is 13.2 Å². The SMILES string of the molecule is CCCC1CCC(C2CCC(CC)CC2)CC1.CCCC1CCC(C2CCC(c3ccc(C)cc3)CC2)CC1.CCCC1CCC(C2CCC(c3ccc(OCC)c(F)c3F)CC2)CC1.CCCC1CCC(c2ccc(OCC)c(F)c2F)CC1.CCCCOc1ccc(-c2ccc(C3CCC(CCC)CC3)cc2)c(F)c1F. The van der Waals surface area contributed by atoms with E-state index in [0.29, 0.717) is 48.0 Å². The number of aryl methyl sites for hydroxylation is 1. The molecule has 0 atom stereocenters. The van der Waals surface area contributed by atoms with Gasteiger partial charge in [0.05, 0.1) is 19.8 Å². The summed E-state index contributed by atoms with van der Waals surface area (Å²) in [5, 5.41) is 0. The van der Waals surface area contributed by atoms with Crippen LogP contribution in [-0.2, 0) is 0 Å². The molecule has 0 unspecified atom stereocenters. The molecule has 13 rings (SSSR count). The molecule has 0 spiro atoms. The van der Waals surface area contributed by atoms with Crippen molar-refractivity contribution in [3.63, 3.8) is 0 Å². The van der Waals surface area contributed by atoms with Crippen LogP contribution in [0.1, 0.15) is 403 Å². The molecule has 0 bridgehead atoms. The van der Waals surface area contributed by atoms with Gasteiger partial charge in [0.15, 0.2) is 34.7 Å². The van der Waals surface area contributed by atoms with Crippen LogP contribution in [0.15, 0.2) is 84.9 Å². The van der Waals surface area contributed by atoms with Gasteiger partial charge in [0, 0.05) is 5.56 Å². The molecule has 0 saturated heterocycles. The van der Waals surface area contributed by atoms with E-state index in [1.54, 1.807) is 88.3 Å². The molecule has 0 aliphatic heterocycles. The van der Waals surface area contributed by atoms with Gasteiger partial charge in [0.25, 0.3) is 0 Å². The van der Waals surface area contributed by atoms with Crippen LogP contribution < -0.4 is 14.2 Å². The topological polar surface area (TPSA) is 27.7 Å². The van der Waals surface area contributed by atoms with Crippen molar-refractivity contribution >= 4 is 0 Å². The summed E-state index contributed by atoms with van der Waals surface area (Å²) in [7, 11) is 0. The van der Waals surface area contributed by atoms with Gasteiger partial charge in [-0.1, -0.05) is 243 Å². The predicted octanol–water partition coefficient (Wildman–Crippen LogP) is 33.3. The molecule has 0 N–H and O–H groups in total. The smallest absolute Gasteiger partial charge is 0.201 e. The molecule has 8 aliphatic rings. The second kappa shape index (κ2) is 49.5. The minimum Gasteiger partial charge on any atom is -0.491 e. The van der Waals surface area contributed by atoms with E-state index in [4.69, 9.17) is 14.2 Å². The molecule has 8 saturated carbocycles. The molecule has 3 nitrogen and oxygen atoms in total. The molecule has 8 fully saturated rings. The minimum absolute atomic E-state index is 0.00448. The summed E-state index contributed by atoms with van der Waals surface area (Å²) in [5.41, 5.74) is 6.38. The maximum atomic E-state index is 14.6. The Labute approximate surface area is 685 Å². The van der Waals surface area contributed by atoms with Crippen molar-refractivity contribution < 1.29 is 40.6 Å². The van der Waals surface area contributed by atoms with Crippen molar-refractivity contribution in [1.82, 2.24) is 0 Å². The van der Waals surface area contributed by atoms with E-state index in [9.17, 15) is 26.3 Å². The first kappa shape index (κ1) is 92.0. The molecule has 632 valence electrons. The number of hydrogen-bond acceptors (Lipinski definition) is 3. The van der Waals surface area contributed by atoms with E-state index >= 15 is 0 Å². The van der Waals surface area contributed by atoms with Crippen molar-refractivity contribution in [2.45, 2.75) is 382 Å². The highest BCUT2D eigenvalue weighted by Gasteiger charge is 2.36. The van der Waals surface area contributed by atoms with Crippen LogP contribution in [0.2, 0.25) is 0 Å². The highest BCUT2D eigenvalue weighted by Crippen LogP contribution is 2.49. The van der Waals surface area contributed by atoms with Gasteiger partial charge in [0.2, 0.25) is 17.5 Å². The number of halogens is 6. The number of ether oxygens (including phenoxy) is 3. The third kappa shape index (κ3) is 27.8. The Morgan fingerprint density at radius 1 is 0.265 bits per heavy atom. The van der Waals surface area contributed by atoms with E-state index in [-0.39, 0.29) is 29.1 Å². The molecule has 113 heavy (non-hydrogen) atoms. The Balaban J connectivity index is 0.000000164. The van der Waals surface area contributed by atoms with Crippen LogP contribution in [0.4, 0.5) is 26.3 Å². The third-order valence-corrected chi connectivity index (χ3v) is 29.5. The first-order valence-corrected chi connectivity index (χ1v) is 47.5. The van der Waals surface area contributed by atoms with Gasteiger partial charge in [-0.2, -0.15) is 13.2 Å². The molecular formula is C104H156F6O3. The van der Waals surface area contributed by atoms with Crippen LogP contribution in [-0.4, -0.2) is 19.8 Å². The van der Waals surface area contributed by atoms with Gasteiger partial charge in [0.1, 0.15) is 0 Å². The third-order valence-electron chi connectivity index (χ3n) is 29.5. The van der Waals surface area contributed by atoms with Crippen molar-refractivity contribution in [2.75, 3.05) is 19.8 Å². The number of rotatable bonds is 27. The first-order chi connectivity index (χ1) is 55.0. The zero-order chi connectivity index (χ0) is 80.4. The Morgan fingerprint density at radius 2 is 0.549 bits per heavy atom. The normalized spacial score (nSPS) is 28.0. The van der Waals surface area contributed by atoms with Gasteiger partial charge in [-0.05, 0) is 328 Å². The van der Waals surface area contributed by atoms with Gasteiger partial charge >= 0.3 is 0 Å². The van der Waals surface area contributed by atoms with Gasteiger partial charge < -0.3 is 14.2 Å². The number of hydrogen-bond donors (Lipinski definition) is 0. The fraction of sp³-hybridized carbons (Fsp3) is 0.712. The van der Waals surface area contributed by atoms with E-state index in [0.717, 1.165) is 128 Å². The van der Waals surface area contributed by atoms with Crippen molar-refractivity contribution in [3.05, 3.63) is 148 Å². The predicted molar refractivity (Wildman–Crippen MR) is 464 cm³/mol. The zero-order valence-corrected chi connectivity index (χ0v) is 72.8. The fourth-order valence-corrected chi connectivity index (χ4v) is 22.6. The van der Waals surface area contributed by atoms with Crippen molar-refractivity contribution in [1.29, 1.82) is 0 Å². The molecule has 0 heterocycles. The van der Waals surface area contributed by atoms with E-state index in [1.807, 2.05) is 19.1 Å². The highest BCUT2D eigenvalue weighted by atomic mass is 19.2. The van der Waals surface area contributed by atoms with Crippen molar-refractivity contribution in [3.8, 4) is 28.4 Å². The highest BCUT2D eigenvalue weighted by molar-refractivity contribution is 5.66. The monoisotopic (exact) mass is 1570 g/mol. The Bertz CT molecular complexity index is 3390. The van der Waals surface area contributed by atoms with E-state index in [2.05, 4.69) is 84.9 Å². The largest absolute Gasteiger partial charge is 0.491 e. The molecule has 8 aliphatic carbocycles. The Kier molecular flexibility index (Phi) is 40.3. The van der Waals surface area contributed by atoms with Crippen LogP contribution in [0.5, 0.6) is 17.2 Å². The lowest BCUT2D eigenvalue weighted by Crippen LogP contribution is -2.25. The maximum Gasteiger partial charge on any atom is 0.201 e. The van der Waals surface area contributed by atoms with Crippen LogP contribution >= 0.6 is 0 Å². The van der Waals surface area contributed by atoms with Crippen LogP contribution in [0, 0.1) is 113 Å². The average Bonchev–Trinajstić information content (AvgIpc) is 0.802. The molecular weight excluding hydrogens is 1410 g/mol. The second-order valence-corrected chi connectivity index (χ2v) is 37.0. The second-order valence-electron chi connectivity index (χ2n) is 37.0. The van der Waals surface area contributed by atoms with Crippen LogP contribution in [0.25, 0.3) is 11.1 Å². The minimum atomic E-state index is -0.896. The van der Waals surface area contributed by atoms with Crippen molar-refractivity contribution in [2.24, 2.45) is 71.0 Å². The summed E-state index contributed by atoms with van der Waals surface area (Å²) >= 11 is 0. The molecule has 0 amide bonds. The quantitative estimate of drug-likeness (QED) is 0.0387. The molecule has 5 aromatic carbocycles. The molecule has 9 heteroatoms. The molecule has 0 radical (unpaired) electrons. The molecule has 0 aromatic heterocycles. The average molecular weight is 1570 g/mol. The maximum absolute atomic E-state index is 14.6. The lowest BCUT2D eigenvalue weighted by Gasteiger charge is -2.38. The summed E-state index contributed by atoms with van der Waals surface area (Å²) in [6.45, 7) is 22.7. The van der Waals surface area contributed by atoms with Crippen LogP contribution in [0.3, 0.4) is 0 Å². The lowest BCUT2D eigenvalue weighted by atomic mass is 9.68. The Hall–Kier alpha value is -4.92. The lowest BCUT2D eigenvalue weighted by molar-refractivity contribution is 0.142.